The average Bonchev–Trinajstić information content (AvgIpc) is 3.56. The van der Waals surface area contributed by atoms with Crippen LogP contribution in [-0.2, 0) is 14.2 Å². The van der Waals surface area contributed by atoms with Crippen LogP contribution in [-0.4, -0.2) is 65.3 Å². The van der Waals surface area contributed by atoms with Crippen molar-refractivity contribution in [3.05, 3.63) is 23.8 Å². The Morgan fingerprint density at radius 3 is 1.98 bits per heavy atom. The Hall–Kier alpha value is -0.760. The van der Waals surface area contributed by atoms with E-state index in [1.165, 1.54) is 109 Å². The van der Waals surface area contributed by atoms with E-state index in [0.717, 1.165) is 44.4 Å². The standard InChI is InChI=1S/C51H90O6/c1-8-10-11-12-13-14-15-16-17-18-19-20-21-22-33-55-35-45-46(52)47(53)48(54)49(57-45)56-40-29-31-50(6)39(34-40)25-26-41-43-28-27-42(51(43,7)32-30-44(41)50)37(5)23-24-38(9-2)36(3)4/h23-24,26,36-40,42-49,52-54H,8-22,25,27-35H2,1-7H3/t37-,38-,39-,40+,42-,43-,44+,45-,46-,47+,48-,49+,50+,51-/m1/s1. The molecule has 6 nitrogen and oxygen atoms in total. The molecule has 0 spiro atoms. The molecule has 0 radical (unpaired) electrons. The monoisotopic (exact) mass is 799 g/mol. The minimum absolute atomic E-state index is 0.0348. The van der Waals surface area contributed by atoms with Crippen molar-refractivity contribution in [2.24, 2.45) is 52.3 Å². The van der Waals surface area contributed by atoms with Gasteiger partial charge in [0, 0.05) is 6.61 Å². The maximum absolute atomic E-state index is 11.0. The van der Waals surface area contributed by atoms with Crippen molar-refractivity contribution in [3.63, 3.8) is 0 Å². The number of rotatable bonds is 24. The molecule has 4 aliphatic carbocycles. The smallest absolute Gasteiger partial charge is 0.186 e. The predicted molar refractivity (Wildman–Crippen MR) is 235 cm³/mol. The molecule has 6 heteroatoms. The second kappa shape index (κ2) is 22.9. The number of fused-ring (bicyclic) bond motifs is 5. The summed E-state index contributed by atoms with van der Waals surface area (Å²) in [5.74, 6) is 4.67. The Morgan fingerprint density at radius 1 is 0.737 bits per heavy atom. The van der Waals surface area contributed by atoms with Crippen molar-refractivity contribution in [1.82, 2.24) is 0 Å². The second-order valence-corrected chi connectivity index (χ2v) is 20.8. The van der Waals surface area contributed by atoms with Gasteiger partial charge in [0.2, 0.25) is 0 Å². The van der Waals surface area contributed by atoms with Gasteiger partial charge in [0.1, 0.15) is 24.4 Å². The van der Waals surface area contributed by atoms with E-state index in [4.69, 9.17) is 14.2 Å². The molecule has 0 amide bonds. The van der Waals surface area contributed by atoms with Crippen molar-refractivity contribution in [1.29, 1.82) is 0 Å². The van der Waals surface area contributed by atoms with Gasteiger partial charge in [-0.05, 0) is 116 Å². The maximum Gasteiger partial charge on any atom is 0.186 e. The molecule has 57 heavy (non-hydrogen) atoms. The topological polar surface area (TPSA) is 88.4 Å². The molecule has 330 valence electrons. The van der Waals surface area contributed by atoms with Gasteiger partial charge in [-0.3, -0.25) is 0 Å². The van der Waals surface area contributed by atoms with E-state index in [1.807, 2.05) is 0 Å². The summed E-state index contributed by atoms with van der Waals surface area (Å²) < 4.78 is 18.6. The van der Waals surface area contributed by atoms with Crippen molar-refractivity contribution in [3.8, 4) is 0 Å². The van der Waals surface area contributed by atoms with Crippen LogP contribution in [0.2, 0.25) is 0 Å². The third-order valence-corrected chi connectivity index (χ3v) is 16.6. The first-order valence-corrected chi connectivity index (χ1v) is 24.8. The molecule has 0 bridgehead atoms. The zero-order chi connectivity index (χ0) is 41.0. The molecule has 3 N–H and O–H groups in total. The quantitative estimate of drug-likeness (QED) is 0.0666. The van der Waals surface area contributed by atoms with Gasteiger partial charge < -0.3 is 29.5 Å². The fourth-order valence-corrected chi connectivity index (χ4v) is 12.7. The molecule has 0 aromatic carbocycles. The van der Waals surface area contributed by atoms with E-state index >= 15 is 0 Å². The van der Waals surface area contributed by atoms with Crippen molar-refractivity contribution >= 4 is 0 Å². The third-order valence-electron chi connectivity index (χ3n) is 16.6. The minimum Gasteiger partial charge on any atom is -0.387 e. The van der Waals surface area contributed by atoms with Gasteiger partial charge >= 0.3 is 0 Å². The summed E-state index contributed by atoms with van der Waals surface area (Å²) in [6, 6.07) is 0. The first-order chi connectivity index (χ1) is 27.4. The van der Waals surface area contributed by atoms with Crippen LogP contribution in [0.1, 0.15) is 196 Å². The number of allylic oxidation sites excluding steroid dienone is 4. The highest BCUT2D eigenvalue weighted by Crippen LogP contribution is 2.67. The number of hydrogen-bond donors (Lipinski definition) is 3. The Balaban J connectivity index is 1.03. The molecular formula is C51H90O6. The SMILES string of the molecule is CCCCCCCCCCCCCCCCOC[C@H]1O[C@H](O[C@H]2CC[C@@]3(C)[C@H](CC=C4[C@H]5CC[C@H]([C@H](C)C=C[C@@H](CC)C(C)C)[C@@]5(C)CC[C@@H]43)C2)[C@H](O)[C@@H](O)[C@@H]1O. The van der Waals surface area contributed by atoms with E-state index in [9.17, 15) is 15.3 Å². The fourth-order valence-electron chi connectivity index (χ4n) is 12.7. The summed E-state index contributed by atoms with van der Waals surface area (Å²) >= 11 is 0. The van der Waals surface area contributed by atoms with Gasteiger partial charge in [-0.2, -0.15) is 0 Å². The number of unbranched alkanes of at least 4 members (excludes halogenated alkanes) is 13. The van der Waals surface area contributed by atoms with Gasteiger partial charge in [0.15, 0.2) is 6.29 Å². The second-order valence-electron chi connectivity index (χ2n) is 20.8. The lowest BCUT2D eigenvalue weighted by molar-refractivity contribution is -0.317. The van der Waals surface area contributed by atoms with Crippen LogP contribution in [0.5, 0.6) is 0 Å². The lowest BCUT2D eigenvalue weighted by atomic mass is 9.47. The van der Waals surface area contributed by atoms with Crippen LogP contribution in [0.4, 0.5) is 0 Å². The maximum atomic E-state index is 11.0. The zero-order valence-corrected chi connectivity index (χ0v) is 38.0. The predicted octanol–water partition coefficient (Wildman–Crippen LogP) is 12.1. The van der Waals surface area contributed by atoms with Crippen LogP contribution in [0.25, 0.3) is 0 Å². The van der Waals surface area contributed by atoms with Crippen LogP contribution >= 0.6 is 0 Å². The fraction of sp³-hybridized carbons (Fsp3) is 0.922. The van der Waals surface area contributed by atoms with Crippen LogP contribution in [0, 0.1) is 52.3 Å². The van der Waals surface area contributed by atoms with Crippen LogP contribution < -0.4 is 0 Å². The molecule has 3 saturated carbocycles. The van der Waals surface area contributed by atoms with Gasteiger partial charge in [-0.1, -0.05) is 156 Å². The Morgan fingerprint density at radius 2 is 1.35 bits per heavy atom. The molecule has 14 atom stereocenters. The highest BCUT2D eigenvalue weighted by molar-refractivity contribution is 5.28. The molecule has 1 aliphatic heterocycles. The molecule has 1 saturated heterocycles. The van der Waals surface area contributed by atoms with E-state index in [2.05, 4.69) is 66.7 Å². The summed E-state index contributed by atoms with van der Waals surface area (Å²) in [5, 5.41) is 32.6. The average molecular weight is 799 g/mol. The van der Waals surface area contributed by atoms with Crippen molar-refractivity contribution in [2.75, 3.05) is 13.2 Å². The first kappa shape index (κ1) is 47.3. The van der Waals surface area contributed by atoms with E-state index < -0.39 is 30.7 Å². The Bertz CT molecular complexity index is 1220. The lowest BCUT2D eigenvalue weighted by Gasteiger charge is -2.58. The molecule has 4 fully saturated rings. The molecular weight excluding hydrogens is 709 g/mol. The first-order valence-electron chi connectivity index (χ1n) is 24.8. The summed E-state index contributed by atoms with van der Waals surface area (Å²) in [4.78, 5) is 0. The highest BCUT2D eigenvalue weighted by atomic mass is 16.7. The van der Waals surface area contributed by atoms with E-state index in [-0.39, 0.29) is 18.1 Å². The minimum atomic E-state index is -1.32. The molecule has 5 aliphatic rings. The Kier molecular flexibility index (Phi) is 19.0. The van der Waals surface area contributed by atoms with Gasteiger partial charge in [-0.15, -0.1) is 0 Å². The summed E-state index contributed by atoms with van der Waals surface area (Å²) in [6.07, 6.45) is 31.4. The summed E-state index contributed by atoms with van der Waals surface area (Å²) in [6.45, 7) is 17.8. The van der Waals surface area contributed by atoms with Crippen LogP contribution in [0.3, 0.4) is 0 Å². The van der Waals surface area contributed by atoms with Crippen molar-refractivity contribution < 1.29 is 29.5 Å². The number of ether oxygens (including phenoxy) is 3. The van der Waals surface area contributed by atoms with E-state index in [0.29, 0.717) is 47.5 Å². The molecule has 1 heterocycles. The largest absolute Gasteiger partial charge is 0.387 e. The van der Waals surface area contributed by atoms with Crippen LogP contribution in [0.15, 0.2) is 23.8 Å². The molecule has 0 aromatic heterocycles. The summed E-state index contributed by atoms with van der Waals surface area (Å²) in [5.41, 5.74) is 2.45. The van der Waals surface area contributed by atoms with Gasteiger partial charge in [0.05, 0.1) is 12.7 Å². The zero-order valence-electron chi connectivity index (χ0n) is 38.0. The molecule has 0 aromatic rings. The normalized spacial score (nSPS) is 37.8. The van der Waals surface area contributed by atoms with Gasteiger partial charge in [0.25, 0.3) is 0 Å². The van der Waals surface area contributed by atoms with E-state index in [1.54, 1.807) is 5.57 Å². The summed E-state index contributed by atoms with van der Waals surface area (Å²) in [7, 11) is 0. The Labute approximate surface area is 350 Å². The van der Waals surface area contributed by atoms with Gasteiger partial charge in [-0.25, -0.2) is 0 Å². The molecule has 0 unspecified atom stereocenters. The number of hydrogen-bond acceptors (Lipinski definition) is 6. The lowest BCUT2D eigenvalue weighted by Crippen LogP contribution is -2.60. The number of aliphatic hydroxyl groups is 3. The van der Waals surface area contributed by atoms with Crippen molar-refractivity contribution in [2.45, 2.75) is 233 Å². The highest BCUT2D eigenvalue weighted by Gasteiger charge is 2.58. The third kappa shape index (κ3) is 12.0. The molecule has 5 rings (SSSR count). The number of aliphatic hydroxyl groups excluding tert-OH is 3.